The molecule has 0 heterocycles. The molecule has 0 radical (unpaired) electrons. The highest BCUT2D eigenvalue weighted by atomic mass is 16.3. The first-order valence-electron chi connectivity index (χ1n) is 9.59. The molecule has 0 aromatic rings. The Morgan fingerprint density at radius 1 is 1.00 bits per heavy atom. The highest BCUT2D eigenvalue weighted by Crippen LogP contribution is 2.66. The number of rotatable bonds is 0. The number of hydrogen-bond donors (Lipinski definition) is 3. The first-order valence-corrected chi connectivity index (χ1v) is 9.59. The lowest BCUT2D eigenvalue weighted by Crippen LogP contribution is -2.64. The minimum atomic E-state index is -0.608. The summed E-state index contributed by atoms with van der Waals surface area (Å²) in [5.74, 6) is 1.42. The predicted molar refractivity (Wildman–Crippen MR) is 91.6 cm³/mol. The average Bonchev–Trinajstić information content (AvgIpc) is 2.82. The van der Waals surface area contributed by atoms with Crippen LogP contribution >= 0.6 is 0 Å². The molecule has 3 heteroatoms. The maximum atomic E-state index is 11.0. The summed E-state index contributed by atoms with van der Waals surface area (Å²) in [5, 5.41) is 22.0. The van der Waals surface area contributed by atoms with Crippen LogP contribution in [0, 0.1) is 34.5 Å². The zero-order chi connectivity index (χ0) is 16.6. The minimum Gasteiger partial charge on any atom is -0.390 e. The fourth-order valence-corrected chi connectivity index (χ4v) is 7.20. The molecule has 0 saturated heterocycles. The molecule has 0 aliphatic heterocycles. The Kier molecular flexibility index (Phi) is 3.54. The number of aliphatic hydroxyl groups is 2. The van der Waals surface area contributed by atoms with Gasteiger partial charge in [-0.3, -0.25) is 0 Å². The van der Waals surface area contributed by atoms with Gasteiger partial charge in [0.2, 0.25) is 0 Å². The van der Waals surface area contributed by atoms with Gasteiger partial charge in [0, 0.05) is 6.04 Å². The summed E-state index contributed by atoms with van der Waals surface area (Å²) in [4.78, 5) is 0. The minimum absolute atomic E-state index is 0.143. The lowest BCUT2D eigenvalue weighted by Gasteiger charge is -2.63. The van der Waals surface area contributed by atoms with Gasteiger partial charge in [-0.15, -0.1) is 0 Å². The van der Waals surface area contributed by atoms with E-state index in [4.69, 9.17) is 5.73 Å². The van der Waals surface area contributed by atoms with Gasteiger partial charge in [0.15, 0.2) is 0 Å². The Balaban J connectivity index is 1.73. The molecule has 4 N–H and O–H groups in total. The van der Waals surface area contributed by atoms with Gasteiger partial charge in [0.1, 0.15) is 0 Å². The third-order valence-electron chi connectivity index (χ3n) is 8.75. The Hall–Kier alpha value is -0.380. The highest BCUT2D eigenvalue weighted by molar-refractivity contribution is 5.23. The summed E-state index contributed by atoms with van der Waals surface area (Å²) in [6.45, 7) is 9.07. The SMILES string of the molecule is C=C1CCC2C3C(O)[C@H](O)C4C[C@@H](N)CC[C@]4(C)C3CC[C@]12C. The second kappa shape index (κ2) is 5.06. The molecule has 0 aromatic carbocycles. The Morgan fingerprint density at radius 3 is 2.48 bits per heavy atom. The van der Waals surface area contributed by atoms with Crippen molar-refractivity contribution in [2.75, 3.05) is 0 Å². The van der Waals surface area contributed by atoms with E-state index in [0.717, 1.165) is 32.1 Å². The Bertz CT molecular complexity index is 520. The second-order valence-electron chi connectivity index (χ2n) is 9.52. The van der Waals surface area contributed by atoms with Crippen LogP contribution in [0.15, 0.2) is 12.2 Å². The van der Waals surface area contributed by atoms with Gasteiger partial charge in [-0.2, -0.15) is 0 Å². The lowest BCUT2D eigenvalue weighted by molar-refractivity contribution is -0.210. The van der Waals surface area contributed by atoms with Crippen molar-refractivity contribution < 1.29 is 10.2 Å². The van der Waals surface area contributed by atoms with Gasteiger partial charge in [0.05, 0.1) is 12.2 Å². The molecule has 5 unspecified atom stereocenters. The van der Waals surface area contributed by atoms with E-state index in [0.29, 0.717) is 11.8 Å². The van der Waals surface area contributed by atoms with Gasteiger partial charge >= 0.3 is 0 Å². The summed E-state index contributed by atoms with van der Waals surface area (Å²) in [6, 6.07) is 0.187. The van der Waals surface area contributed by atoms with Gasteiger partial charge < -0.3 is 15.9 Å². The third kappa shape index (κ3) is 1.99. The topological polar surface area (TPSA) is 66.5 Å². The smallest absolute Gasteiger partial charge is 0.0836 e. The van der Waals surface area contributed by atoms with Gasteiger partial charge in [-0.1, -0.05) is 26.0 Å². The maximum absolute atomic E-state index is 11.0. The fraction of sp³-hybridized carbons (Fsp3) is 0.900. The molecule has 0 aromatic heterocycles. The molecular formula is C20H33NO2. The Morgan fingerprint density at radius 2 is 1.74 bits per heavy atom. The summed E-state index contributed by atoms with van der Waals surface area (Å²) in [5.41, 5.74) is 7.89. The van der Waals surface area contributed by atoms with E-state index in [-0.39, 0.29) is 28.7 Å². The van der Waals surface area contributed by atoms with Crippen molar-refractivity contribution >= 4 is 0 Å². The van der Waals surface area contributed by atoms with Gasteiger partial charge in [-0.25, -0.2) is 0 Å². The van der Waals surface area contributed by atoms with Crippen LogP contribution in [0.3, 0.4) is 0 Å². The molecule has 0 amide bonds. The van der Waals surface area contributed by atoms with Crippen LogP contribution in [0.5, 0.6) is 0 Å². The van der Waals surface area contributed by atoms with Crippen molar-refractivity contribution in [1.82, 2.24) is 0 Å². The van der Waals surface area contributed by atoms with E-state index in [1.807, 2.05) is 0 Å². The average molecular weight is 319 g/mol. The van der Waals surface area contributed by atoms with Crippen molar-refractivity contribution in [2.24, 2.45) is 40.2 Å². The standard InChI is InChI=1S/C20H33NO2/c1-11-4-5-13-16-14(7-9-19(11,13)2)20(3)8-6-12(21)10-15(20)17(22)18(16)23/h12-18,22-23H,1,4-10,21H2,2-3H3/t12-,13?,14?,15?,16?,17+,18?,19+,20+/m0/s1. The molecule has 3 nitrogen and oxygen atoms in total. The fourth-order valence-electron chi connectivity index (χ4n) is 7.20. The monoisotopic (exact) mass is 319 g/mol. The number of allylic oxidation sites excluding steroid dienone is 1. The molecule has 0 spiro atoms. The van der Waals surface area contributed by atoms with E-state index in [1.165, 1.54) is 18.4 Å². The Labute approximate surface area is 140 Å². The predicted octanol–water partition coefficient (Wildman–Crippen LogP) is 2.85. The molecule has 9 atom stereocenters. The molecule has 130 valence electrons. The molecule has 4 rings (SSSR count). The van der Waals surface area contributed by atoms with Crippen LogP contribution in [0.25, 0.3) is 0 Å². The normalized spacial score (nSPS) is 59.2. The highest BCUT2D eigenvalue weighted by Gasteiger charge is 2.63. The summed E-state index contributed by atoms with van der Waals surface area (Å²) in [7, 11) is 0. The summed E-state index contributed by atoms with van der Waals surface area (Å²) < 4.78 is 0. The van der Waals surface area contributed by atoms with E-state index < -0.39 is 12.2 Å². The number of fused-ring (bicyclic) bond motifs is 5. The number of aliphatic hydroxyl groups excluding tert-OH is 2. The molecular weight excluding hydrogens is 286 g/mol. The first kappa shape index (κ1) is 16.1. The van der Waals surface area contributed by atoms with Crippen LogP contribution in [-0.4, -0.2) is 28.5 Å². The first-order chi connectivity index (χ1) is 10.8. The second-order valence-corrected chi connectivity index (χ2v) is 9.52. The quantitative estimate of drug-likeness (QED) is 0.602. The van der Waals surface area contributed by atoms with Crippen molar-refractivity contribution in [3.05, 3.63) is 12.2 Å². The van der Waals surface area contributed by atoms with Crippen LogP contribution in [0.4, 0.5) is 0 Å². The van der Waals surface area contributed by atoms with Crippen LogP contribution < -0.4 is 5.73 Å². The molecule has 4 aliphatic carbocycles. The zero-order valence-corrected chi connectivity index (χ0v) is 14.7. The van der Waals surface area contributed by atoms with Crippen molar-refractivity contribution in [2.45, 2.75) is 77.0 Å². The van der Waals surface area contributed by atoms with Crippen LogP contribution in [0.2, 0.25) is 0 Å². The van der Waals surface area contributed by atoms with E-state index >= 15 is 0 Å². The van der Waals surface area contributed by atoms with Crippen molar-refractivity contribution in [1.29, 1.82) is 0 Å². The third-order valence-corrected chi connectivity index (χ3v) is 8.75. The molecule has 23 heavy (non-hydrogen) atoms. The molecule has 4 fully saturated rings. The van der Waals surface area contributed by atoms with Gasteiger partial charge in [0.25, 0.3) is 0 Å². The van der Waals surface area contributed by atoms with Crippen LogP contribution in [0.1, 0.15) is 58.8 Å². The molecule has 4 aliphatic rings. The summed E-state index contributed by atoms with van der Waals surface area (Å²) in [6.07, 6.45) is 6.45. The summed E-state index contributed by atoms with van der Waals surface area (Å²) >= 11 is 0. The number of nitrogens with two attached hydrogens (primary N) is 1. The largest absolute Gasteiger partial charge is 0.390 e. The van der Waals surface area contributed by atoms with Gasteiger partial charge in [-0.05, 0) is 79.4 Å². The van der Waals surface area contributed by atoms with Crippen LogP contribution in [-0.2, 0) is 0 Å². The lowest BCUT2D eigenvalue weighted by atomic mass is 9.43. The van der Waals surface area contributed by atoms with E-state index in [2.05, 4.69) is 20.4 Å². The van der Waals surface area contributed by atoms with E-state index in [9.17, 15) is 10.2 Å². The molecule has 4 saturated carbocycles. The van der Waals surface area contributed by atoms with Crippen molar-refractivity contribution in [3.8, 4) is 0 Å². The zero-order valence-electron chi connectivity index (χ0n) is 14.7. The van der Waals surface area contributed by atoms with Crippen molar-refractivity contribution in [3.63, 3.8) is 0 Å². The number of hydrogen-bond acceptors (Lipinski definition) is 3. The van der Waals surface area contributed by atoms with E-state index in [1.54, 1.807) is 0 Å². The molecule has 0 bridgehead atoms. The maximum Gasteiger partial charge on any atom is 0.0836 e.